The second-order valence-corrected chi connectivity index (χ2v) is 3.30. The summed E-state index contributed by atoms with van der Waals surface area (Å²) in [4.78, 5) is 10.6. The Hall–Kier alpha value is -0.710. The SMILES string of the molecule is O=C1C[C@@H]2C[C@H](O)C(F)(F)[C@@H]2O1. The minimum Gasteiger partial charge on any atom is -0.455 e. The number of alkyl halides is 2. The van der Waals surface area contributed by atoms with E-state index in [1.165, 1.54) is 0 Å². The summed E-state index contributed by atoms with van der Waals surface area (Å²) in [5.41, 5.74) is 0. The maximum Gasteiger partial charge on any atom is 0.309 e. The Balaban J connectivity index is 2.23. The number of ether oxygens (including phenoxy) is 1. The number of aliphatic hydroxyl groups is 1. The van der Waals surface area contributed by atoms with Crippen LogP contribution in [0.3, 0.4) is 0 Å². The molecule has 0 aromatic rings. The number of carbonyl (C=O) groups excluding carboxylic acids is 1. The van der Waals surface area contributed by atoms with Crippen molar-refractivity contribution in [1.82, 2.24) is 0 Å². The van der Waals surface area contributed by atoms with Crippen LogP contribution in [0.2, 0.25) is 0 Å². The van der Waals surface area contributed by atoms with Crippen molar-refractivity contribution in [2.24, 2.45) is 5.92 Å². The fourth-order valence-electron chi connectivity index (χ4n) is 1.84. The van der Waals surface area contributed by atoms with Gasteiger partial charge in [0.05, 0.1) is 6.42 Å². The maximum absolute atomic E-state index is 12.9. The standard InChI is InChI=1S/C7H8F2O3/c8-7(9)4(10)1-3-2-5(11)12-6(3)7/h3-4,6,10H,1-2H2/t3-,4-,6+/m0/s1. The first-order chi connectivity index (χ1) is 5.51. The van der Waals surface area contributed by atoms with E-state index in [4.69, 9.17) is 5.11 Å². The topological polar surface area (TPSA) is 46.5 Å². The van der Waals surface area contributed by atoms with Gasteiger partial charge in [0.25, 0.3) is 0 Å². The summed E-state index contributed by atoms with van der Waals surface area (Å²) in [6.07, 6.45) is -3.07. The third kappa shape index (κ3) is 0.857. The Bertz CT molecular complexity index is 229. The fraction of sp³-hybridized carbons (Fsp3) is 0.857. The van der Waals surface area contributed by atoms with Crippen LogP contribution in [0.15, 0.2) is 0 Å². The number of fused-ring (bicyclic) bond motifs is 1. The lowest BCUT2D eigenvalue weighted by atomic mass is 10.0. The van der Waals surface area contributed by atoms with Gasteiger partial charge in [-0.25, -0.2) is 0 Å². The molecular formula is C7H8F2O3. The molecule has 1 saturated carbocycles. The van der Waals surface area contributed by atoms with E-state index in [0.29, 0.717) is 0 Å². The molecule has 0 radical (unpaired) electrons. The van der Waals surface area contributed by atoms with Gasteiger partial charge in [-0.15, -0.1) is 0 Å². The van der Waals surface area contributed by atoms with Crippen molar-refractivity contribution >= 4 is 5.97 Å². The Morgan fingerprint density at radius 3 is 2.83 bits per heavy atom. The van der Waals surface area contributed by atoms with Crippen molar-refractivity contribution in [3.63, 3.8) is 0 Å². The van der Waals surface area contributed by atoms with Gasteiger partial charge in [0.15, 0.2) is 6.10 Å². The minimum atomic E-state index is -3.25. The number of hydrogen-bond acceptors (Lipinski definition) is 3. The molecule has 2 fully saturated rings. The lowest BCUT2D eigenvalue weighted by Crippen LogP contribution is -2.38. The highest BCUT2D eigenvalue weighted by Gasteiger charge is 2.62. The molecule has 12 heavy (non-hydrogen) atoms. The summed E-state index contributed by atoms with van der Waals surface area (Å²) in [6.45, 7) is 0. The van der Waals surface area contributed by atoms with Crippen molar-refractivity contribution in [2.45, 2.75) is 31.0 Å². The average Bonchev–Trinajstić information content (AvgIpc) is 2.38. The van der Waals surface area contributed by atoms with Crippen LogP contribution in [0.4, 0.5) is 8.78 Å². The number of carbonyl (C=O) groups is 1. The number of halogens is 2. The van der Waals surface area contributed by atoms with Gasteiger partial charge in [0.2, 0.25) is 0 Å². The van der Waals surface area contributed by atoms with Crippen molar-refractivity contribution in [1.29, 1.82) is 0 Å². The van der Waals surface area contributed by atoms with Gasteiger partial charge < -0.3 is 9.84 Å². The zero-order chi connectivity index (χ0) is 8.93. The highest BCUT2D eigenvalue weighted by Crippen LogP contribution is 2.46. The lowest BCUT2D eigenvalue weighted by molar-refractivity contribution is -0.172. The van der Waals surface area contributed by atoms with E-state index < -0.39 is 30.0 Å². The molecular weight excluding hydrogens is 170 g/mol. The molecule has 1 aliphatic carbocycles. The molecule has 2 aliphatic rings. The van der Waals surface area contributed by atoms with Crippen LogP contribution in [0, 0.1) is 5.92 Å². The molecule has 0 spiro atoms. The Labute approximate surface area is 67.3 Å². The minimum absolute atomic E-state index is 0.0112. The van der Waals surface area contributed by atoms with E-state index in [0.717, 1.165) is 0 Å². The number of aliphatic hydroxyl groups excluding tert-OH is 1. The summed E-state index contributed by atoms with van der Waals surface area (Å²) in [7, 11) is 0. The third-order valence-corrected chi connectivity index (χ3v) is 2.47. The van der Waals surface area contributed by atoms with Gasteiger partial charge in [-0.3, -0.25) is 4.79 Å². The molecule has 5 heteroatoms. The summed E-state index contributed by atoms with van der Waals surface area (Å²) in [6, 6.07) is 0. The Kier molecular flexibility index (Phi) is 1.42. The normalized spacial score (nSPS) is 44.2. The molecule has 1 saturated heterocycles. The highest BCUT2D eigenvalue weighted by atomic mass is 19.3. The monoisotopic (exact) mass is 178 g/mol. The fourth-order valence-corrected chi connectivity index (χ4v) is 1.84. The highest BCUT2D eigenvalue weighted by molar-refractivity contribution is 5.72. The van der Waals surface area contributed by atoms with E-state index in [2.05, 4.69) is 4.74 Å². The smallest absolute Gasteiger partial charge is 0.309 e. The lowest BCUT2D eigenvalue weighted by Gasteiger charge is -2.19. The second-order valence-electron chi connectivity index (χ2n) is 3.30. The van der Waals surface area contributed by atoms with Gasteiger partial charge in [-0.2, -0.15) is 8.78 Å². The number of hydrogen-bond donors (Lipinski definition) is 1. The molecule has 0 aromatic carbocycles. The first-order valence-electron chi connectivity index (χ1n) is 3.77. The van der Waals surface area contributed by atoms with Crippen LogP contribution >= 0.6 is 0 Å². The summed E-state index contributed by atoms with van der Waals surface area (Å²) >= 11 is 0. The van der Waals surface area contributed by atoms with Crippen molar-refractivity contribution in [3.05, 3.63) is 0 Å². The molecule has 3 atom stereocenters. The van der Waals surface area contributed by atoms with Crippen LogP contribution in [0.25, 0.3) is 0 Å². The van der Waals surface area contributed by atoms with Crippen LogP contribution in [0.1, 0.15) is 12.8 Å². The van der Waals surface area contributed by atoms with E-state index >= 15 is 0 Å². The average molecular weight is 178 g/mol. The quantitative estimate of drug-likeness (QED) is 0.543. The second kappa shape index (κ2) is 2.16. The molecule has 1 heterocycles. The van der Waals surface area contributed by atoms with E-state index in [-0.39, 0.29) is 12.8 Å². The van der Waals surface area contributed by atoms with E-state index in [1.54, 1.807) is 0 Å². The van der Waals surface area contributed by atoms with Gasteiger partial charge in [0, 0.05) is 5.92 Å². The molecule has 0 aromatic heterocycles. The van der Waals surface area contributed by atoms with Crippen molar-refractivity contribution in [3.8, 4) is 0 Å². The van der Waals surface area contributed by atoms with Gasteiger partial charge in [-0.05, 0) is 6.42 Å². The Morgan fingerprint density at radius 2 is 2.25 bits per heavy atom. The van der Waals surface area contributed by atoms with Crippen LogP contribution in [0.5, 0.6) is 0 Å². The predicted octanol–water partition coefficient (Wildman–Crippen LogP) is 0.318. The van der Waals surface area contributed by atoms with Gasteiger partial charge in [-0.1, -0.05) is 0 Å². The first-order valence-corrected chi connectivity index (χ1v) is 3.77. The zero-order valence-corrected chi connectivity index (χ0v) is 6.17. The van der Waals surface area contributed by atoms with Gasteiger partial charge >= 0.3 is 11.9 Å². The number of esters is 1. The molecule has 1 N–H and O–H groups in total. The maximum atomic E-state index is 12.9. The van der Waals surface area contributed by atoms with Gasteiger partial charge in [0.1, 0.15) is 6.10 Å². The van der Waals surface area contributed by atoms with E-state index in [1.807, 2.05) is 0 Å². The molecule has 2 rings (SSSR count). The van der Waals surface area contributed by atoms with Crippen molar-refractivity contribution in [2.75, 3.05) is 0 Å². The predicted molar refractivity (Wildman–Crippen MR) is 33.6 cm³/mol. The molecule has 0 bridgehead atoms. The van der Waals surface area contributed by atoms with E-state index in [9.17, 15) is 13.6 Å². The molecule has 68 valence electrons. The third-order valence-electron chi connectivity index (χ3n) is 2.47. The zero-order valence-electron chi connectivity index (χ0n) is 6.17. The van der Waals surface area contributed by atoms with Crippen LogP contribution in [-0.4, -0.2) is 29.2 Å². The van der Waals surface area contributed by atoms with Crippen molar-refractivity contribution < 1.29 is 23.4 Å². The first kappa shape index (κ1) is 7.91. The molecule has 0 amide bonds. The van der Waals surface area contributed by atoms with Crippen LogP contribution < -0.4 is 0 Å². The van der Waals surface area contributed by atoms with Crippen LogP contribution in [-0.2, 0) is 9.53 Å². The number of rotatable bonds is 0. The largest absolute Gasteiger partial charge is 0.455 e. The Morgan fingerprint density at radius 1 is 1.58 bits per heavy atom. The summed E-state index contributed by atoms with van der Waals surface area (Å²) in [5, 5.41) is 8.91. The molecule has 0 unspecified atom stereocenters. The summed E-state index contributed by atoms with van der Waals surface area (Å²) < 4.78 is 30.3. The summed E-state index contributed by atoms with van der Waals surface area (Å²) in [5.74, 6) is -4.34. The molecule has 3 nitrogen and oxygen atoms in total. The molecule has 1 aliphatic heterocycles.